The molecule has 2 N–H and O–H groups in total. The van der Waals surface area contributed by atoms with Gasteiger partial charge in [-0.3, -0.25) is 0 Å². The topological polar surface area (TPSA) is 51.8 Å². The van der Waals surface area contributed by atoms with Crippen molar-refractivity contribution in [3.05, 3.63) is 53.7 Å². The van der Waals surface area contributed by atoms with E-state index in [1.807, 2.05) is 24.3 Å². The molecule has 0 saturated carbocycles. The van der Waals surface area contributed by atoms with Crippen LogP contribution in [0.15, 0.2) is 42.5 Å². The minimum atomic E-state index is 0.471. The molecule has 1 heterocycles. The molecule has 0 spiro atoms. The molecule has 0 aliphatic carbocycles. The normalized spacial score (nSPS) is 10.1. The molecule has 0 radical (unpaired) electrons. The zero-order chi connectivity index (χ0) is 10.5. The van der Waals surface area contributed by atoms with Crippen LogP contribution in [0.2, 0.25) is 0 Å². The summed E-state index contributed by atoms with van der Waals surface area (Å²) in [6.07, 6.45) is 1.89. The monoisotopic (exact) mass is 199 g/mol. The lowest BCUT2D eigenvalue weighted by atomic mass is 10.1. The number of nitrogen functional groups attached to an aromatic ring is 1. The van der Waals surface area contributed by atoms with Gasteiger partial charge in [-0.25, -0.2) is 0 Å². The van der Waals surface area contributed by atoms with E-state index in [-0.39, 0.29) is 0 Å². The molecule has 0 atom stereocenters. The Morgan fingerprint density at radius 1 is 0.867 bits per heavy atom. The maximum Gasteiger partial charge on any atom is 0.146 e. The van der Waals surface area contributed by atoms with Gasteiger partial charge in [-0.05, 0) is 30.5 Å². The maximum absolute atomic E-state index is 5.46. The fourth-order valence-electron chi connectivity index (χ4n) is 1.42. The molecule has 2 aromatic rings. The zero-order valence-electron chi connectivity index (χ0n) is 8.43. The standard InChI is InChI=1S/C12H13N3/c13-12-9-8-11(14-15-12)7-6-10-4-2-1-3-5-10/h1-5,8-9H,6-7H2,(H2,13,15). The zero-order valence-corrected chi connectivity index (χ0v) is 8.43. The third kappa shape index (κ3) is 2.77. The Morgan fingerprint density at radius 3 is 2.33 bits per heavy atom. The predicted molar refractivity (Wildman–Crippen MR) is 60.3 cm³/mol. The van der Waals surface area contributed by atoms with Crippen LogP contribution in [0, 0.1) is 0 Å². The van der Waals surface area contributed by atoms with Crippen LogP contribution in [0.5, 0.6) is 0 Å². The van der Waals surface area contributed by atoms with E-state index in [9.17, 15) is 0 Å². The summed E-state index contributed by atoms with van der Waals surface area (Å²) in [4.78, 5) is 0. The van der Waals surface area contributed by atoms with Crippen molar-refractivity contribution in [3.63, 3.8) is 0 Å². The fourth-order valence-corrected chi connectivity index (χ4v) is 1.42. The largest absolute Gasteiger partial charge is 0.382 e. The van der Waals surface area contributed by atoms with Gasteiger partial charge in [0.05, 0.1) is 5.69 Å². The van der Waals surface area contributed by atoms with Crippen molar-refractivity contribution in [3.8, 4) is 0 Å². The molecule has 0 aliphatic heterocycles. The van der Waals surface area contributed by atoms with Crippen molar-refractivity contribution in [2.75, 3.05) is 5.73 Å². The van der Waals surface area contributed by atoms with Crippen molar-refractivity contribution in [1.29, 1.82) is 0 Å². The molecule has 0 bridgehead atoms. The predicted octanol–water partition coefficient (Wildman–Crippen LogP) is 1.84. The molecule has 0 aliphatic rings. The van der Waals surface area contributed by atoms with Crippen LogP contribution in [0.25, 0.3) is 0 Å². The highest BCUT2D eigenvalue weighted by molar-refractivity contribution is 5.26. The highest BCUT2D eigenvalue weighted by atomic mass is 15.1. The van der Waals surface area contributed by atoms with E-state index < -0.39 is 0 Å². The van der Waals surface area contributed by atoms with Gasteiger partial charge in [0.25, 0.3) is 0 Å². The van der Waals surface area contributed by atoms with Gasteiger partial charge in [0.2, 0.25) is 0 Å². The summed E-state index contributed by atoms with van der Waals surface area (Å²) < 4.78 is 0. The second kappa shape index (κ2) is 4.55. The lowest BCUT2D eigenvalue weighted by Crippen LogP contribution is -1.98. The van der Waals surface area contributed by atoms with Crippen LogP contribution >= 0.6 is 0 Å². The Morgan fingerprint density at radius 2 is 1.67 bits per heavy atom. The number of hydrogen-bond acceptors (Lipinski definition) is 3. The van der Waals surface area contributed by atoms with Crippen molar-refractivity contribution in [2.24, 2.45) is 0 Å². The summed E-state index contributed by atoms with van der Waals surface area (Å²) in [7, 11) is 0. The third-order valence-corrected chi connectivity index (χ3v) is 2.25. The molecule has 15 heavy (non-hydrogen) atoms. The summed E-state index contributed by atoms with van der Waals surface area (Å²) in [5.74, 6) is 0.471. The summed E-state index contributed by atoms with van der Waals surface area (Å²) >= 11 is 0. The van der Waals surface area contributed by atoms with Gasteiger partial charge in [0.1, 0.15) is 5.82 Å². The van der Waals surface area contributed by atoms with Gasteiger partial charge in [-0.2, -0.15) is 5.10 Å². The van der Waals surface area contributed by atoms with E-state index in [1.54, 1.807) is 6.07 Å². The highest BCUT2D eigenvalue weighted by Gasteiger charge is 1.97. The van der Waals surface area contributed by atoms with Gasteiger partial charge in [0.15, 0.2) is 0 Å². The molecule has 1 aromatic carbocycles. The van der Waals surface area contributed by atoms with Gasteiger partial charge >= 0.3 is 0 Å². The van der Waals surface area contributed by atoms with Crippen LogP contribution in [0.3, 0.4) is 0 Å². The summed E-state index contributed by atoms with van der Waals surface area (Å²) in [6.45, 7) is 0. The first-order valence-corrected chi connectivity index (χ1v) is 4.96. The Hall–Kier alpha value is -1.90. The van der Waals surface area contributed by atoms with Crippen LogP contribution in [0.1, 0.15) is 11.3 Å². The number of anilines is 1. The van der Waals surface area contributed by atoms with Crippen molar-refractivity contribution in [2.45, 2.75) is 12.8 Å². The second-order valence-electron chi connectivity index (χ2n) is 3.44. The van der Waals surface area contributed by atoms with Crippen molar-refractivity contribution < 1.29 is 0 Å². The number of nitrogens with two attached hydrogens (primary N) is 1. The lowest BCUT2D eigenvalue weighted by Gasteiger charge is -2.00. The van der Waals surface area contributed by atoms with Crippen LogP contribution in [-0.4, -0.2) is 10.2 Å². The molecular weight excluding hydrogens is 186 g/mol. The Kier molecular flexibility index (Phi) is 2.93. The van der Waals surface area contributed by atoms with Crippen molar-refractivity contribution >= 4 is 5.82 Å². The van der Waals surface area contributed by atoms with Crippen molar-refractivity contribution in [1.82, 2.24) is 10.2 Å². The van der Waals surface area contributed by atoms with Crippen LogP contribution < -0.4 is 5.73 Å². The minimum Gasteiger partial charge on any atom is -0.382 e. The van der Waals surface area contributed by atoms with E-state index in [0.29, 0.717) is 5.82 Å². The number of hydrogen-bond donors (Lipinski definition) is 1. The van der Waals surface area contributed by atoms with Gasteiger partial charge in [-0.1, -0.05) is 30.3 Å². The highest BCUT2D eigenvalue weighted by Crippen LogP contribution is 2.05. The van der Waals surface area contributed by atoms with E-state index in [4.69, 9.17) is 5.73 Å². The molecule has 2 rings (SSSR count). The van der Waals surface area contributed by atoms with E-state index in [2.05, 4.69) is 22.3 Å². The minimum absolute atomic E-state index is 0.471. The van der Waals surface area contributed by atoms with E-state index in [0.717, 1.165) is 18.5 Å². The summed E-state index contributed by atoms with van der Waals surface area (Å²) in [5.41, 5.74) is 7.76. The first kappa shape index (κ1) is 9.65. The van der Waals surface area contributed by atoms with E-state index in [1.165, 1.54) is 5.56 Å². The molecule has 1 aromatic heterocycles. The molecule has 0 amide bonds. The lowest BCUT2D eigenvalue weighted by molar-refractivity contribution is 0.863. The molecule has 76 valence electrons. The summed E-state index contributed by atoms with van der Waals surface area (Å²) in [5, 5.41) is 7.84. The maximum atomic E-state index is 5.46. The molecule has 3 nitrogen and oxygen atoms in total. The Balaban J connectivity index is 1.96. The summed E-state index contributed by atoms with van der Waals surface area (Å²) in [6, 6.07) is 14.1. The molecule has 3 heteroatoms. The fraction of sp³-hybridized carbons (Fsp3) is 0.167. The van der Waals surface area contributed by atoms with Gasteiger partial charge in [-0.15, -0.1) is 5.10 Å². The van der Waals surface area contributed by atoms with Gasteiger partial charge in [0, 0.05) is 0 Å². The quantitative estimate of drug-likeness (QED) is 0.820. The number of rotatable bonds is 3. The smallest absolute Gasteiger partial charge is 0.146 e. The number of nitrogens with zero attached hydrogens (tertiary/aromatic N) is 2. The van der Waals surface area contributed by atoms with Crippen LogP contribution in [-0.2, 0) is 12.8 Å². The number of aryl methyl sites for hydroxylation is 2. The average molecular weight is 199 g/mol. The van der Waals surface area contributed by atoms with E-state index >= 15 is 0 Å². The first-order chi connectivity index (χ1) is 7.34. The van der Waals surface area contributed by atoms with Gasteiger partial charge < -0.3 is 5.73 Å². The third-order valence-electron chi connectivity index (χ3n) is 2.25. The average Bonchev–Trinajstić information content (AvgIpc) is 2.30. The molecule has 0 unspecified atom stereocenters. The number of benzene rings is 1. The first-order valence-electron chi connectivity index (χ1n) is 4.96. The Labute approximate surface area is 89.0 Å². The molecule has 0 saturated heterocycles. The molecular formula is C12H13N3. The Bertz CT molecular complexity index is 409. The van der Waals surface area contributed by atoms with Crippen LogP contribution in [0.4, 0.5) is 5.82 Å². The molecule has 0 fully saturated rings. The second-order valence-corrected chi connectivity index (χ2v) is 3.44. The number of aromatic nitrogens is 2. The SMILES string of the molecule is Nc1ccc(CCc2ccccc2)nn1.